The lowest BCUT2D eigenvalue weighted by Crippen LogP contribution is -3.12. The molecule has 1 N–H and O–H groups in total. The van der Waals surface area contributed by atoms with Gasteiger partial charge >= 0.3 is 0 Å². The van der Waals surface area contributed by atoms with Gasteiger partial charge < -0.3 is 9.80 Å². The second kappa shape index (κ2) is 6.88. The first kappa shape index (κ1) is 17.7. The van der Waals surface area contributed by atoms with Crippen LogP contribution < -0.4 is 9.21 Å². The van der Waals surface area contributed by atoms with Gasteiger partial charge in [-0.1, -0.05) is 12.1 Å². The largest absolute Gasteiger partial charge is 0.334 e. The SMILES string of the molecule is Cc1cccc(N(CC(=O)N2CC[NH+](C)CC2)S(C)(=O)=O)c1C. The van der Waals surface area contributed by atoms with Gasteiger partial charge in [0.15, 0.2) is 0 Å². The molecule has 7 heteroatoms. The first-order valence-corrected chi connectivity index (χ1v) is 9.68. The molecular formula is C16H26N3O3S+. The van der Waals surface area contributed by atoms with Gasteiger partial charge in [0.1, 0.15) is 6.54 Å². The van der Waals surface area contributed by atoms with E-state index in [1.807, 2.05) is 26.0 Å². The maximum atomic E-state index is 12.5. The predicted molar refractivity (Wildman–Crippen MR) is 91.3 cm³/mol. The Bertz CT molecular complexity index is 680. The lowest BCUT2D eigenvalue weighted by atomic mass is 10.1. The third-order valence-electron chi connectivity index (χ3n) is 4.49. The second-order valence-electron chi connectivity index (χ2n) is 6.33. The van der Waals surface area contributed by atoms with Crippen molar-refractivity contribution in [2.24, 2.45) is 0 Å². The number of hydrogen-bond acceptors (Lipinski definition) is 3. The summed E-state index contributed by atoms with van der Waals surface area (Å²) in [6.45, 7) is 6.82. The van der Waals surface area contributed by atoms with Gasteiger partial charge in [0, 0.05) is 0 Å². The molecule has 1 aromatic rings. The van der Waals surface area contributed by atoms with Crippen LogP contribution in [0.1, 0.15) is 11.1 Å². The standard InChI is InChI=1S/C16H25N3O3S/c1-13-6-5-7-15(14(13)2)19(23(4,21)22)12-16(20)18-10-8-17(3)9-11-18/h5-7H,8-12H2,1-4H3/p+1. The fourth-order valence-corrected chi connectivity index (χ4v) is 3.65. The summed E-state index contributed by atoms with van der Waals surface area (Å²) in [5, 5.41) is 0. The predicted octanol–water partition coefficient (Wildman–Crippen LogP) is -0.574. The number of anilines is 1. The smallest absolute Gasteiger partial charge is 0.243 e. The van der Waals surface area contributed by atoms with Crippen molar-refractivity contribution in [3.8, 4) is 0 Å². The van der Waals surface area contributed by atoms with E-state index in [2.05, 4.69) is 7.05 Å². The minimum absolute atomic E-state index is 0.135. The molecule has 1 aromatic carbocycles. The highest BCUT2D eigenvalue weighted by Crippen LogP contribution is 2.24. The molecule has 1 heterocycles. The van der Waals surface area contributed by atoms with Crippen molar-refractivity contribution >= 4 is 21.6 Å². The third kappa shape index (κ3) is 4.23. The van der Waals surface area contributed by atoms with Gasteiger partial charge in [-0.2, -0.15) is 0 Å². The normalized spacial score (nSPS) is 16.4. The lowest BCUT2D eigenvalue weighted by molar-refractivity contribution is -0.883. The Morgan fingerprint density at radius 2 is 1.87 bits per heavy atom. The molecule has 1 amide bonds. The van der Waals surface area contributed by atoms with Gasteiger partial charge in [-0.15, -0.1) is 0 Å². The van der Waals surface area contributed by atoms with E-state index in [0.717, 1.165) is 30.5 Å². The summed E-state index contributed by atoms with van der Waals surface area (Å²) in [5.41, 5.74) is 2.47. The van der Waals surface area contributed by atoms with Crippen molar-refractivity contribution < 1.29 is 18.1 Å². The highest BCUT2D eigenvalue weighted by atomic mass is 32.2. The summed E-state index contributed by atoms with van der Waals surface area (Å²) in [4.78, 5) is 15.7. The molecule has 6 nitrogen and oxygen atoms in total. The Kier molecular flexibility index (Phi) is 5.31. The van der Waals surface area contributed by atoms with Crippen molar-refractivity contribution in [2.75, 3.05) is 50.3 Å². The summed E-state index contributed by atoms with van der Waals surface area (Å²) < 4.78 is 25.7. The van der Waals surface area contributed by atoms with Crippen LogP contribution >= 0.6 is 0 Å². The van der Waals surface area contributed by atoms with Crippen LogP contribution in [0.4, 0.5) is 5.69 Å². The van der Waals surface area contributed by atoms with Crippen molar-refractivity contribution in [3.63, 3.8) is 0 Å². The molecule has 1 fully saturated rings. The van der Waals surface area contributed by atoms with Gasteiger partial charge in [0.25, 0.3) is 0 Å². The van der Waals surface area contributed by atoms with Crippen molar-refractivity contribution in [3.05, 3.63) is 29.3 Å². The maximum Gasteiger partial charge on any atom is 0.243 e. The number of amides is 1. The number of aryl methyl sites for hydroxylation is 1. The molecule has 0 aromatic heterocycles. The molecule has 1 aliphatic heterocycles. The first-order chi connectivity index (χ1) is 10.7. The van der Waals surface area contributed by atoms with Crippen LogP contribution in [0, 0.1) is 13.8 Å². The zero-order chi connectivity index (χ0) is 17.2. The van der Waals surface area contributed by atoms with Crippen LogP contribution in [0.25, 0.3) is 0 Å². The number of hydrogen-bond donors (Lipinski definition) is 1. The Hall–Kier alpha value is -1.60. The van der Waals surface area contributed by atoms with E-state index in [1.165, 1.54) is 9.21 Å². The molecule has 0 radical (unpaired) electrons. The number of rotatable bonds is 4. The molecule has 0 atom stereocenters. The van der Waals surface area contributed by atoms with Gasteiger partial charge in [0.05, 0.1) is 45.2 Å². The van der Waals surface area contributed by atoms with Crippen LogP contribution in [0.15, 0.2) is 18.2 Å². The fraction of sp³-hybridized carbons (Fsp3) is 0.562. The summed E-state index contributed by atoms with van der Waals surface area (Å²) >= 11 is 0. The molecule has 2 rings (SSSR count). The molecule has 0 bridgehead atoms. The van der Waals surface area contributed by atoms with Crippen LogP contribution in [0.5, 0.6) is 0 Å². The molecule has 128 valence electrons. The number of sulfonamides is 1. The van der Waals surface area contributed by atoms with E-state index in [9.17, 15) is 13.2 Å². The van der Waals surface area contributed by atoms with Crippen molar-refractivity contribution in [2.45, 2.75) is 13.8 Å². The van der Waals surface area contributed by atoms with Gasteiger partial charge in [-0.05, 0) is 31.0 Å². The molecule has 1 aliphatic rings. The number of nitrogens with zero attached hydrogens (tertiary/aromatic N) is 2. The fourth-order valence-electron chi connectivity index (χ4n) is 2.75. The average Bonchev–Trinajstić information content (AvgIpc) is 2.47. The molecule has 1 saturated heterocycles. The highest BCUT2D eigenvalue weighted by Gasteiger charge is 2.27. The van der Waals surface area contributed by atoms with Crippen LogP contribution in [0.2, 0.25) is 0 Å². The average molecular weight is 340 g/mol. The molecule has 0 spiro atoms. The number of likely N-dealkylation sites (N-methyl/N-ethyl adjacent to an activating group) is 1. The lowest BCUT2D eigenvalue weighted by Gasteiger charge is -2.32. The van der Waals surface area contributed by atoms with E-state index in [-0.39, 0.29) is 12.5 Å². The topological polar surface area (TPSA) is 62.1 Å². The summed E-state index contributed by atoms with van der Waals surface area (Å²) in [5.74, 6) is -0.135. The molecular weight excluding hydrogens is 314 g/mol. The summed E-state index contributed by atoms with van der Waals surface area (Å²) in [6.07, 6.45) is 1.15. The van der Waals surface area contributed by atoms with E-state index in [1.54, 1.807) is 11.0 Å². The van der Waals surface area contributed by atoms with Crippen LogP contribution in [0.3, 0.4) is 0 Å². The number of piperazine rings is 1. The Morgan fingerprint density at radius 3 is 2.43 bits per heavy atom. The number of carbonyl (C=O) groups is 1. The Morgan fingerprint density at radius 1 is 1.26 bits per heavy atom. The molecule has 23 heavy (non-hydrogen) atoms. The van der Waals surface area contributed by atoms with Crippen LogP contribution in [-0.4, -0.2) is 65.3 Å². The van der Waals surface area contributed by atoms with E-state index < -0.39 is 10.0 Å². The van der Waals surface area contributed by atoms with Gasteiger partial charge in [0.2, 0.25) is 15.9 Å². The van der Waals surface area contributed by atoms with Gasteiger partial charge in [-0.25, -0.2) is 8.42 Å². The zero-order valence-corrected chi connectivity index (χ0v) is 15.1. The number of quaternary nitrogens is 1. The van der Waals surface area contributed by atoms with E-state index in [0.29, 0.717) is 18.8 Å². The Balaban J connectivity index is 2.24. The number of benzene rings is 1. The molecule has 0 aliphatic carbocycles. The van der Waals surface area contributed by atoms with Crippen LogP contribution in [-0.2, 0) is 14.8 Å². The minimum Gasteiger partial charge on any atom is -0.334 e. The number of nitrogens with one attached hydrogen (secondary N) is 1. The van der Waals surface area contributed by atoms with Crippen molar-refractivity contribution in [1.82, 2.24) is 4.90 Å². The third-order valence-corrected chi connectivity index (χ3v) is 5.62. The number of carbonyl (C=O) groups excluding carboxylic acids is 1. The van der Waals surface area contributed by atoms with E-state index in [4.69, 9.17) is 0 Å². The van der Waals surface area contributed by atoms with Crippen molar-refractivity contribution in [1.29, 1.82) is 0 Å². The molecule has 0 unspecified atom stereocenters. The zero-order valence-electron chi connectivity index (χ0n) is 14.3. The quantitative estimate of drug-likeness (QED) is 0.798. The summed E-state index contributed by atoms with van der Waals surface area (Å²) in [7, 11) is -1.42. The van der Waals surface area contributed by atoms with E-state index >= 15 is 0 Å². The van der Waals surface area contributed by atoms with Gasteiger partial charge in [-0.3, -0.25) is 9.10 Å². The second-order valence-corrected chi connectivity index (χ2v) is 8.23. The Labute approximate surface area is 138 Å². The first-order valence-electron chi connectivity index (χ1n) is 7.83. The maximum absolute atomic E-state index is 12.5. The monoisotopic (exact) mass is 340 g/mol. The summed E-state index contributed by atoms with van der Waals surface area (Å²) in [6, 6.07) is 5.51. The minimum atomic E-state index is -3.52. The molecule has 0 saturated carbocycles. The highest BCUT2D eigenvalue weighted by molar-refractivity contribution is 7.92.